The number of amides is 2. The standard InChI is InChI=1S/C18H17FN4O2/c1-11-3-4-13(12(2)9-11)10-16-22-23-18(25-16)21-17(24)20-15-7-5-14(19)6-8-15/h3-9H,10H2,1-2H3,(H2,20,21,23,24). The van der Waals surface area contributed by atoms with Gasteiger partial charge in [0.1, 0.15) is 5.82 Å². The number of aryl methyl sites for hydroxylation is 2. The molecule has 25 heavy (non-hydrogen) atoms. The third kappa shape index (κ3) is 4.41. The van der Waals surface area contributed by atoms with E-state index >= 15 is 0 Å². The smallest absolute Gasteiger partial charge is 0.327 e. The van der Waals surface area contributed by atoms with Gasteiger partial charge in [0.15, 0.2) is 0 Å². The van der Waals surface area contributed by atoms with Gasteiger partial charge in [-0.25, -0.2) is 9.18 Å². The van der Waals surface area contributed by atoms with E-state index < -0.39 is 6.03 Å². The lowest BCUT2D eigenvalue weighted by Gasteiger charge is -2.04. The van der Waals surface area contributed by atoms with Crippen LogP contribution in [0.25, 0.3) is 0 Å². The van der Waals surface area contributed by atoms with Crippen LogP contribution >= 0.6 is 0 Å². The minimum absolute atomic E-state index is 0.000577. The first kappa shape index (κ1) is 16.6. The molecule has 2 N–H and O–H groups in total. The van der Waals surface area contributed by atoms with E-state index in [1.165, 1.54) is 29.8 Å². The number of nitrogens with one attached hydrogen (secondary N) is 2. The molecule has 0 saturated carbocycles. The minimum atomic E-state index is -0.548. The highest BCUT2D eigenvalue weighted by molar-refractivity contribution is 5.98. The molecule has 0 saturated heterocycles. The molecule has 0 atom stereocenters. The van der Waals surface area contributed by atoms with Gasteiger partial charge < -0.3 is 9.73 Å². The van der Waals surface area contributed by atoms with Crippen LogP contribution in [0.5, 0.6) is 0 Å². The van der Waals surface area contributed by atoms with Crippen LogP contribution in [0, 0.1) is 19.7 Å². The van der Waals surface area contributed by atoms with Crippen molar-refractivity contribution in [2.75, 3.05) is 10.6 Å². The molecular weight excluding hydrogens is 323 g/mol. The fraction of sp³-hybridized carbons (Fsp3) is 0.167. The van der Waals surface area contributed by atoms with E-state index in [0.29, 0.717) is 18.0 Å². The Hall–Kier alpha value is -3.22. The summed E-state index contributed by atoms with van der Waals surface area (Å²) in [6, 6.07) is 11.0. The van der Waals surface area contributed by atoms with Crippen LogP contribution in [0.3, 0.4) is 0 Å². The summed E-state index contributed by atoms with van der Waals surface area (Å²) in [5.74, 6) is 0.0305. The van der Waals surface area contributed by atoms with Gasteiger partial charge >= 0.3 is 12.0 Å². The number of benzene rings is 2. The predicted octanol–water partition coefficient (Wildman–Crippen LogP) is 4.06. The number of urea groups is 1. The zero-order valence-electron chi connectivity index (χ0n) is 13.8. The first-order valence-electron chi connectivity index (χ1n) is 7.72. The van der Waals surface area contributed by atoms with Crippen LogP contribution in [0.4, 0.5) is 20.9 Å². The van der Waals surface area contributed by atoms with Crippen LogP contribution in [-0.4, -0.2) is 16.2 Å². The SMILES string of the molecule is Cc1ccc(Cc2nnc(NC(=O)Nc3ccc(F)cc3)o2)c(C)c1. The van der Waals surface area contributed by atoms with Gasteiger partial charge in [-0.1, -0.05) is 28.9 Å². The normalized spacial score (nSPS) is 10.5. The molecule has 0 bridgehead atoms. The molecule has 1 heterocycles. The van der Waals surface area contributed by atoms with Crippen LogP contribution in [0.15, 0.2) is 46.9 Å². The highest BCUT2D eigenvalue weighted by Gasteiger charge is 2.11. The number of carbonyl (C=O) groups excluding carboxylic acids is 1. The van der Waals surface area contributed by atoms with Crippen molar-refractivity contribution in [3.8, 4) is 0 Å². The monoisotopic (exact) mass is 340 g/mol. The molecule has 2 amide bonds. The summed E-state index contributed by atoms with van der Waals surface area (Å²) in [7, 11) is 0. The van der Waals surface area contributed by atoms with Crippen molar-refractivity contribution in [3.63, 3.8) is 0 Å². The fourth-order valence-corrected chi connectivity index (χ4v) is 2.38. The molecule has 3 aromatic rings. The van der Waals surface area contributed by atoms with Gasteiger partial charge in [-0.2, -0.15) is 0 Å². The molecule has 2 aromatic carbocycles. The molecule has 6 nitrogen and oxygen atoms in total. The third-order valence-electron chi connectivity index (χ3n) is 3.63. The molecule has 0 spiro atoms. The van der Waals surface area contributed by atoms with Crippen molar-refractivity contribution >= 4 is 17.7 Å². The number of hydrogen-bond donors (Lipinski definition) is 2. The van der Waals surface area contributed by atoms with Crippen molar-refractivity contribution in [1.82, 2.24) is 10.2 Å². The Balaban J connectivity index is 1.61. The number of aromatic nitrogens is 2. The van der Waals surface area contributed by atoms with E-state index in [1.807, 2.05) is 26.0 Å². The average Bonchev–Trinajstić information content (AvgIpc) is 2.99. The van der Waals surface area contributed by atoms with Gasteiger partial charge in [0.05, 0.1) is 6.42 Å². The first-order chi connectivity index (χ1) is 12.0. The van der Waals surface area contributed by atoms with Gasteiger partial charge in [0, 0.05) is 5.69 Å². The van der Waals surface area contributed by atoms with E-state index in [-0.39, 0.29) is 11.8 Å². The Morgan fingerprint density at radius 3 is 2.56 bits per heavy atom. The maximum Gasteiger partial charge on any atom is 0.327 e. The molecule has 0 aliphatic carbocycles. The predicted molar refractivity (Wildman–Crippen MR) is 92.1 cm³/mol. The fourth-order valence-electron chi connectivity index (χ4n) is 2.38. The van der Waals surface area contributed by atoms with Gasteiger partial charge in [0.25, 0.3) is 0 Å². The zero-order valence-corrected chi connectivity index (χ0v) is 13.8. The number of halogens is 1. The summed E-state index contributed by atoms with van der Waals surface area (Å²) in [6.45, 7) is 4.05. The van der Waals surface area contributed by atoms with E-state index in [4.69, 9.17) is 4.42 Å². The van der Waals surface area contributed by atoms with Crippen molar-refractivity contribution in [2.24, 2.45) is 0 Å². The van der Waals surface area contributed by atoms with Crippen molar-refractivity contribution < 1.29 is 13.6 Å². The van der Waals surface area contributed by atoms with Crippen LogP contribution in [0.2, 0.25) is 0 Å². The first-order valence-corrected chi connectivity index (χ1v) is 7.72. The zero-order chi connectivity index (χ0) is 17.8. The summed E-state index contributed by atoms with van der Waals surface area (Å²) >= 11 is 0. The highest BCUT2D eigenvalue weighted by atomic mass is 19.1. The van der Waals surface area contributed by atoms with Gasteiger partial charge in [-0.3, -0.25) is 5.32 Å². The maximum absolute atomic E-state index is 12.8. The maximum atomic E-state index is 12.8. The molecule has 0 aliphatic heterocycles. The number of anilines is 2. The number of carbonyl (C=O) groups is 1. The largest absolute Gasteiger partial charge is 0.407 e. The Morgan fingerprint density at radius 2 is 1.84 bits per heavy atom. The molecule has 1 aromatic heterocycles. The van der Waals surface area contributed by atoms with Crippen molar-refractivity contribution in [2.45, 2.75) is 20.3 Å². The minimum Gasteiger partial charge on any atom is -0.407 e. The second kappa shape index (κ2) is 7.12. The summed E-state index contributed by atoms with van der Waals surface area (Å²) in [5.41, 5.74) is 3.86. The molecular formula is C18H17FN4O2. The van der Waals surface area contributed by atoms with Gasteiger partial charge in [-0.05, 0) is 49.2 Å². The molecule has 7 heteroatoms. The molecule has 3 rings (SSSR count). The van der Waals surface area contributed by atoms with Crippen LogP contribution in [0.1, 0.15) is 22.6 Å². The second-order valence-corrected chi connectivity index (χ2v) is 5.69. The average molecular weight is 340 g/mol. The van der Waals surface area contributed by atoms with Crippen LogP contribution < -0.4 is 10.6 Å². The summed E-state index contributed by atoms with van der Waals surface area (Å²) in [4.78, 5) is 11.9. The topological polar surface area (TPSA) is 80.0 Å². The molecule has 0 fully saturated rings. The number of nitrogens with zero attached hydrogens (tertiary/aromatic N) is 2. The lowest BCUT2D eigenvalue weighted by atomic mass is 10.0. The van der Waals surface area contributed by atoms with Gasteiger partial charge in [0.2, 0.25) is 5.89 Å². The molecule has 0 unspecified atom stereocenters. The molecule has 0 radical (unpaired) electrons. The quantitative estimate of drug-likeness (QED) is 0.750. The van der Waals surface area contributed by atoms with E-state index in [1.54, 1.807) is 0 Å². The number of rotatable bonds is 4. The number of hydrogen-bond acceptors (Lipinski definition) is 4. The third-order valence-corrected chi connectivity index (χ3v) is 3.63. The molecule has 0 aliphatic rings. The lowest BCUT2D eigenvalue weighted by Crippen LogP contribution is -2.19. The second-order valence-electron chi connectivity index (χ2n) is 5.69. The van der Waals surface area contributed by atoms with E-state index in [9.17, 15) is 9.18 Å². The summed E-state index contributed by atoms with van der Waals surface area (Å²) in [6.07, 6.45) is 0.486. The van der Waals surface area contributed by atoms with Crippen molar-refractivity contribution in [1.29, 1.82) is 0 Å². The molecule has 128 valence electrons. The van der Waals surface area contributed by atoms with Crippen LogP contribution in [-0.2, 0) is 6.42 Å². The Morgan fingerprint density at radius 1 is 1.08 bits per heavy atom. The van der Waals surface area contributed by atoms with E-state index in [2.05, 4.69) is 26.9 Å². The lowest BCUT2D eigenvalue weighted by molar-refractivity contribution is 0.261. The summed E-state index contributed by atoms with van der Waals surface area (Å²) < 4.78 is 18.3. The Kier molecular flexibility index (Phi) is 4.74. The highest BCUT2D eigenvalue weighted by Crippen LogP contribution is 2.16. The summed E-state index contributed by atoms with van der Waals surface area (Å²) in [5, 5.41) is 12.7. The van der Waals surface area contributed by atoms with E-state index in [0.717, 1.165) is 11.1 Å². The Labute approximate surface area is 144 Å². The Bertz CT molecular complexity index is 890. The van der Waals surface area contributed by atoms with Gasteiger partial charge in [-0.15, -0.1) is 5.10 Å². The van der Waals surface area contributed by atoms with Crippen molar-refractivity contribution in [3.05, 3.63) is 70.9 Å².